The number of rotatable bonds is 13. The number of aliphatic hydroxyl groups excluding tert-OH is 1. The SMILES string of the molecule is CC(C)C/C=C/CC(=O)N(NCC(N)CS)[C@@](CCO)(C(=O)O)C(C)C. The Hall–Kier alpha value is -1.09. The lowest BCUT2D eigenvalue weighted by molar-refractivity contribution is -0.169. The highest BCUT2D eigenvalue weighted by Gasteiger charge is 2.49. The first-order valence-corrected chi connectivity index (χ1v) is 9.68. The third-order valence-corrected chi connectivity index (χ3v) is 4.75. The highest BCUT2D eigenvalue weighted by atomic mass is 32.1. The van der Waals surface area contributed by atoms with Gasteiger partial charge in [0.2, 0.25) is 5.91 Å². The first-order chi connectivity index (χ1) is 12.1. The first kappa shape index (κ1) is 24.9. The molecular weight excluding hydrogens is 354 g/mol. The number of carboxylic acids is 1. The van der Waals surface area contributed by atoms with Crippen LogP contribution >= 0.6 is 12.6 Å². The molecule has 0 heterocycles. The van der Waals surface area contributed by atoms with Crippen LogP contribution < -0.4 is 11.2 Å². The zero-order chi connectivity index (χ0) is 20.3. The van der Waals surface area contributed by atoms with Crippen molar-refractivity contribution >= 4 is 24.5 Å². The van der Waals surface area contributed by atoms with Crippen LogP contribution in [0, 0.1) is 11.8 Å². The van der Waals surface area contributed by atoms with Crippen LogP contribution in [0.25, 0.3) is 0 Å². The predicted molar refractivity (Wildman–Crippen MR) is 107 cm³/mol. The predicted octanol–water partition coefficient (Wildman–Crippen LogP) is 1.43. The third kappa shape index (κ3) is 7.26. The van der Waals surface area contributed by atoms with Crippen LogP contribution in [0.4, 0.5) is 0 Å². The van der Waals surface area contributed by atoms with Crippen molar-refractivity contribution in [1.82, 2.24) is 10.4 Å². The van der Waals surface area contributed by atoms with Gasteiger partial charge < -0.3 is 15.9 Å². The van der Waals surface area contributed by atoms with E-state index in [1.165, 1.54) is 0 Å². The van der Waals surface area contributed by atoms with Crippen molar-refractivity contribution < 1.29 is 19.8 Å². The smallest absolute Gasteiger partial charge is 0.331 e. The number of nitrogens with one attached hydrogen (secondary N) is 1. The van der Waals surface area contributed by atoms with Crippen LogP contribution in [0.1, 0.15) is 47.0 Å². The van der Waals surface area contributed by atoms with Gasteiger partial charge in [-0.15, -0.1) is 0 Å². The summed E-state index contributed by atoms with van der Waals surface area (Å²) in [6, 6.07) is -0.335. The number of aliphatic hydroxyl groups is 1. The van der Waals surface area contributed by atoms with Gasteiger partial charge >= 0.3 is 5.97 Å². The van der Waals surface area contributed by atoms with Gasteiger partial charge in [-0.1, -0.05) is 39.8 Å². The normalized spacial score (nSPS) is 15.4. The van der Waals surface area contributed by atoms with E-state index >= 15 is 0 Å². The van der Waals surface area contributed by atoms with E-state index in [0.717, 1.165) is 11.4 Å². The molecule has 0 aliphatic carbocycles. The minimum atomic E-state index is -1.56. The second-order valence-corrected chi connectivity index (χ2v) is 7.56. The van der Waals surface area contributed by atoms with Gasteiger partial charge in [-0.3, -0.25) is 9.80 Å². The summed E-state index contributed by atoms with van der Waals surface area (Å²) >= 11 is 4.12. The van der Waals surface area contributed by atoms with Crippen molar-refractivity contribution in [3.05, 3.63) is 12.2 Å². The molecule has 26 heavy (non-hydrogen) atoms. The number of hydrazine groups is 1. The molecule has 0 aromatic carbocycles. The highest BCUT2D eigenvalue weighted by Crippen LogP contribution is 2.29. The Balaban J connectivity index is 5.61. The summed E-state index contributed by atoms with van der Waals surface area (Å²) in [4.78, 5) is 24.9. The third-order valence-electron chi connectivity index (χ3n) is 4.28. The summed E-state index contributed by atoms with van der Waals surface area (Å²) in [5, 5.41) is 20.5. The number of carboxylic acid groups (broad SMARTS) is 1. The van der Waals surface area contributed by atoms with E-state index in [4.69, 9.17) is 5.73 Å². The summed E-state index contributed by atoms with van der Waals surface area (Å²) in [5.41, 5.74) is 7.19. The van der Waals surface area contributed by atoms with Crippen molar-refractivity contribution in [2.24, 2.45) is 17.6 Å². The van der Waals surface area contributed by atoms with Crippen molar-refractivity contribution in [3.63, 3.8) is 0 Å². The monoisotopic (exact) mass is 389 g/mol. The number of nitrogens with zero attached hydrogens (tertiary/aromatic N) is 1. The minimum Gasteiger partial charge on any atom is -0.479 e. The van der Waals surface area contributed by atoms with E-state index in [0.29, 0.717) is 11.7 Å². The first-order valence-electron chi connectivity index (χ1n) is 9.05. The Bertz CT molecular complexity index is 471. The average Bonchev–Trinajstić information content (AvgIpc) is 2.56. The molecule has 0 rings (SSSR count). The summed E-state index contributed by atoms with van der Waals surface area (Å²) < 4.78 is 0. The fraction of sp³-hybridized carbons (Fsp3) is 0.778. The van der Waals surface area contributed by atoms with E-state index in [9.17, 15) is 19.8 Å². The zero-order valence-corrected chi connectivity index (χ0v) is 17.2. The van der Waals surface area contributed by atoms with Gasteiger partial charge in [-0.25, -0.2) is 10.2 Å². The molecule has 5 N–H and O–H groups in total. The Morgan fingerprint density at radius 2 is 1.88 bits per heavy atom. The summed E-state index contributed by atoms with van der Waals surface area (Å²) in [6.07, 6.45) is 4.51. The number of nitrogens with two attached hydrogens (primary N) is 1. The minimum absolute atomic E-state index is 0.0724. The number of amides is 1. The van der Waals surface area contributed by atoms with Crippen LogP contribution in [-0.2, 0) is 9.59 Å². The molecule has 152 valence electrons. The average molecular weight is 390 g/mol. The Labute approximate surface area is 162 Å². The van der Waals surface area contributed by atoms with Gasteiger partial charge in [-0.05, 0) is 18.3 Å². The molecule has 0 saturated heterocycles. The summed E-state index contributed by atoms with van der Waals surface area (Å²) in [7, 11) is 0. The second-order valence-electron chi connectivity index (χ2n) is 7.20. The quantitative estimate of drug-likeness (QED) is 0.185. The van der Waals surface area contributed by atoms with Crippen molar-refractivity contribution in [2.45, 2.75) is 58.5 Å². The maximum absolute atomic E-state index is 12.8. The maximum Gasteiger partial charge on any atom is 0.331 e. The Morgan fingerprint density at radius 3 is 2.31 bits per heavy atom. The molecule has 0 aromatic rings. The number of aliphatic carboxylic acids is 1. The highest BCUT2D eigenvalue weighted by molar-refractivity contribution is 7.80. The Morgan fingerprint density at radius 1 is 1.27 bits per heavy atom. The molecule has 2 atom stereocenters. The number of allylic oxidation sites excluding steroid dienone is 1. The second kappa shape index (κ2) is 12.3. The van der Waals surface area contributed by atoms with Gasteiger partial charge in [0.25, 0.3) is 0 Å². The molecule has 0 aliphatic heterocycles. The zero-order valence-electron chi connectivity index (χ0n) is 16.3. The van der Waals surface area contributed by atoms with Crippen molar-refractivity contribution in [2.75, 3.05) is 18.9 Å². The molecule has 0 aliphatic rings. The van der Waals surface area contributed by atoms with E-state index in [-0.39, 0.29) is 37.9 Å². The molecule has 0 aromatic heterocycles. The Kier molecular flexibility index (Phi) is 11.8. The number of hydrogen-bond donors (Lipinski definition) is 5. The van der Waals surface area contributed by atoms with Crippen molar-refractivity contribution in [1.29, 1.82) is 0 Å². The van der Waals surface area contributed by atoms with E-state index < -0.39 is 17.4 Å². The molecule has 7 nitrogen and oxygen atoms in total. The number of carbonyl (C=O) groups is 2. The number of thiol groups is 1. The van der Waals surface area contributed by atoms with Crippen molar-refractivity contribution in [3.8, 4) is 0 Å². The molecule has 8 heteroatoms. The summed E-state index contributed by atoms with van der Waals surface area (Å²) in [6.45, 7) is 7.45. The molecule has 0 spiro atoms. The van der Waals surface area contributed by atoms with Gasteiger partial charge in [0.05, 0.1) is 0 Å². The molecule has 0 fully saturated rings. The van der Waals surface area contributed by atoms with Gasteiger partial charge in [0, 0.05) is 37.8 Å². The van der Waals surface area contributed by atoms with Crippen LogP contribution in [0.15, 0.2) is 12.2 Å². The molecular formula is C18H35N3O4S. The van der Waals surface area contributed by atoms with Crippen LogP contribution in [0.3, 0.4) is 0 Å². The molecule has 0 radical (unpaired) electrons. The van der Waals surface area contributed by atoms with E-state index in [2.05, 4.69) is 31.9 Å². The standard InChI is InChI=1S/C18H35N3O4S/c1-13(2)7-5-6-8-16(23)21(20-11-15(19)12-26)18(9-10-22,14(3)4)17(24)25/h5-6,13-15,20,22,26H,7-12,19H2,1-4H3,(H,24,25)/b6-5+/t15?,18-/m1/s1. The lowest BCUT2D eigenvalue weighted by Crippen LogP contribution is -2.66. The maximum atomic E-state index is 12.8. The molecule has 0 saturated carbocycles. The topological polar surface area (TPSA) is 116 Å². The van der Waals surface area contributed by atoms with Gasteiger partial charge in [-0.2, -0.15) is 12.6 Å². The largest absolute Gasteiger partial charge is 0.479 e. The fourth-order valence-electron chi connectivity index (χ4n) is 2.65. The van der Waals surface area contributed by atoms with E-state index in [1.807, 2.05) is 6.08 Å². The molecule has 1 amide bonds. The molecule has 1 unspecified atom stereocenters. The van der Waals surface area contributed by atoms with Gasteiger partial charge in [0.1, 0.15) is 0 Å². The van der Waals surface area contributed by atoms with E-state index in [1.54, 1.807) is 19.9 Å². The number of carbonyl (C=O) groups excluding carboxylic acids is 1. The fourth-order valence-corrected chi connectivity index (χ4v) is 2.78. The lowest BCUT2D eigenvalue weighted by Gasteiger charge is -2.43. The van der Waals surface area contributed by atoms with Crippen LogP contribution in [0.2, 0.25) is 0 Å². The van der Waals surface area contributed by atoms with Crippen LogP contribution in [-0.4, -0.2) is 57.6 Å². The van der Waals surface area contributed by atoms with Gasteiger partial charge in [0.15, 0.2) is 5.54 Å². The van der Waals surface area contributed by atoms with Crippen LogP contribution in [0.5, 0.6) is 0 Å². The summed E-state index contributed by atoms with van der Waals surface area (Å²) in [5.74, 6) is -1.08. The molecule has 0 bridgehead atoms. The lowest BCUT2D eigenvalue weighted by atomic mass is 9.82. The number of hydrogen-bond acceptors (Lipinski definition) is 6.